The Morgan fingerprint density at radius 3 is 2.70 bits per heavy atom. The smallest absolute Gasteiger partial charge is 0.478 e. The highest BCUT2D eigenvalue weighted by atomic mass is 31.3. The summed E-state index contributed by atoms with van der Waals surface area (Å²) in [5.41, 5.74) is 3.16. The summed E-state index contributed by atoms with van der Waals surface area (Å²) in [4.78, 5) is 62.0. The number of morpholine rings is 1. The number of nitrogens with one attached hydrogen (secondary N) is 2. The Bertz CT molecular complexity index is 1290. The van der Waals surface area contributed by atoms with Crippen LogP contribution < -0.4 is 26.4 Å². The molecule has 184 valence electrons. The molecule has 2 aromatic rings. The number of aliphatic hydroxyl groups is 1. The third-order valence-electron chi connectivity index (χ3n) is 4.78. The number of fused-ring (bicyclic) bond motifs is 3. The quantitative estimate of drug-likeness (QED) is 0.179. The molecule has 0 amide bonds. The highest BCUT2D eigenvalue weighted by molar-refractivity contribution is 7.65. The largest absolute Gasteiger partial charge is 0.756 e. The van der Waals surface area contributed by atoms with Crippen LogP contribution in [0.2, 0.25) is 0 Å². The van der Waals surface area contributed by atoms with Crippen LogP contribution >= 0.6 is 23.5 Å². The van der Waals surface area contributed by atoms with Gasteiger partial charge in [0.25, 0.3) is 21.2 Å². The van der Waals surface area contributed by atoms with Gasteiger partial charge in [-0.05, 0) is 0 Å². The summed E-state index contributed by atoms with van der Waals surface area (Å²) in [7, 11) is -17.4. The number of nitrogens with two attached hydrogens (primary N) is 1. The van der Waals surface area contributed by atoms with Crippen LogP contribution in [-0.2, 0) is 31.6 Å². The number of aromatic nitrogens is 4. The van der Waals surface area contributed by atoms with Crippen LogP contribution in [0.15, 0.2) is 11.1 Å². The van der Waals surface area contributed by atoms with E-state index >= 15 is 0 Å². The summed E-state index contributed by atoms with van der Waals surface area (Å²) in [5, 5.41) is 13.5. The van der Waals surface area contributed by atoms with Gasteiger partial charge in [0.1, 0.15) is 11.7 Å². The molecule has 2 bridgehead atoms. The number of imidazole rings is 1. The summed E-state index contributed by atoms with van der Waals surface area (Å²) in [5.74, 6) is -0.211. The molecular formula is C11H15N6O13P3-2. The van der Waals surface area contributed by atoms with Gasteiger partial charge in [-0.25, -0.2) is 18.2 Å². The zero-order valence-electron chi connectivity index (χ0n) is 15.9. The summed E-state index contributed by atoms with van der Waals surface area (Å²) >= 11 is 0. The predicted octanol–water partition coefficient (Wildman–Crippen LogP) is -3.62. The molecule has 33 heavy (non-hydrogen) atoms. The molecule has 2 aromatic heterocycles. The molecule has 0 aromatic carbocycles. The van der Waals surface area contributed by atoms with E-state index in [9.17, 15) is 38.3 Å². The third-order valence-corrected chi connectivity index (χ3v) is 8.49. The Kier molecular flexibility index (Phi) is 5.95. The van der Waals surface area contributed by atoms with Crippen molar-refractivity contribution in [3.8, 4) is 0 Å². The van der Waals surface area contributed by atoms with Gasteiger partial charge in [-0.15, -0.1) is 0 Å². The molecule has 0 radical (unpaired) electrons. The van der Waals surface area contributed by atoms with E-state index in [1.807, 2.05) is 0 Å². The van der Waals surface area contributed by atoms with Crippen LogP contribution in [-0.4, -0.2) is 65.3 Å². The molecule has 0 saturated carbocycles. The fraction of sp³-hybridized carbons (Fsp3) is 0.545. The van der Waals surface area contributed by atoms with Gasteiger partial charge in [-0.1, -0.05) is 0 Å². The average molecular weight is 532 g/mol. The zero-order valence-corrected chi connectivity index (χ0v) is 18.6. The second-order valence-electron chi connectivity index (χ2n) is 7.02. The third kappa shape index (κ3) is 4.82. The Balaban J connectivity index is 1.52. The molecular weight excluding hydrogens is 517 g/mol. The maximum Gasteiger partial charge on any atom is 0.478 e. The van der Waals surface area contributed by atoms with E-state index in [-0.39, 0.29) is 23.7 Å². The molecule has 7 atom stereocenters. The monoisotopic (exact) mass is 532 g/mol. The molecule has 4 heterocycles. The lowest BCUT2D eigenvalue weighted by Crippen LogP contribution is -2.46. The lowest BCUT2D eigenvalue weighted by Gasteiger charge is -2.33. The van der Waals surface area contributed by atoms with Crippen molar-refractivity contribution in [3.63, 3.8) is 0 Å². The highest BCUT2D eigenvalue weighted by Crippen LogP contribution is 2.63. The SMILES string of the molecule is Nc1nc2c(ncn2[C@@H]2O[C@@]3(COP(=O)(O)OP(=O)([O-])OP(=O)([O-])O)CN[C@@H]2[C@@H]3O)c(=O)[nH]1. The molecule has 2 aliphatic rings. The maximum absolute atomic E-state index is 12.0. The number of hydrogen-bond donors (Lipinski definition) is 6. The van der Waals surface area contributed by atoms with Gasteiger partial charge in [0.15, 0.2) is 17.4 Å². The first-order valence-electron chi connectivity index (χ1n) is 8.68. The second kappa shape index (κ2) is 8.00. The molecule has 7 N–H and O–H groups in total. The lowest BCUT2D eigenvalue weighted by molar-refractivity contribution is -0.236. The normalized spacial score (nSPS) is 32.5. The van der Waals surface area contributed by atoms with Gasteiger partial charge < -0.3 is 40.5 Å². The predicted molar refractivity (Wildman–Crippen MR) is 98.6 cm³/mol. The van der Waals surface area contributed by atoms with Crippen LogP contribution in [0.3, 0.4) is 0 Å². The van der Waals surface area contributed by atoms with Gasteiger partial charge in [-0.3, -0.25) is 28.0 Å². The van der Waals surface area contributed by atoms with Gasteiger partial charge in [-0.2, -0.15) is 4.98 Å². The Morgan fingerprint density at radius 2 is 2.03 bits per heavy atom. The maximum atomic E-state index is 12.0. The number of nitrogens with zero attached hydrogens (tertiary/aromatic N) is 3. The number of anilines is 1. The fourth-order valence-electron chi connectivity index (χ4n) is 3.53. The van der Waals surface area contributed by atoms with E-state index in [0.29, 0.717) is 0 Å². The van der Waals surface area contributed by atoms with Gasteiger partial charge in [0.2, 0.25) is 5.95 Å². The Hall–Kier alpha value is -1.56. The van der Waals surface area contributed by atoms with Gasteiger partial charge in [0.05, 0.1) is 19.0 Å². The van der Waals surface area contributed by atoms with E-state index in [1.165, 1.54) is 10.9 Å². The molecule has 19 nitrogen and oxygen atoms in total. The number of phosphoric ester groups is 1. The van der Waals surface area contributed by atoms with Crippen molar-refractivity contribution in [2.45, 2.75) is 24.0 Å². The zero-order chi connectivity index (χ0) is 24.4. The van der Waals surface area contributed by atoms with Crippen LogP contribution in [0.1, 0.15) is 6.23 Å². The first kappa shape index (κ1) is 24.6. The fourth-order valence-corrected chi connectivity index (χ4v) is 6.51. The van der Waals surface area contributed by atoms with Crippen molar-refractivity contribution in [2.24, 2.45) is 0 Å². The minimum absolute atomic E-state index is 0.0190. The summed E-state index contributed by atoms with van der Waals surface area (Å²) < 4.78 is 52.4. The number of aromatic amines is 1. The van der Waals surface area contributed by atoms with Crippen molar-refractivity contribution in [2.75, 3.05) is 18.9 Å². The van der Waals surface area contributed by atoms with Crippen molar-refractivity contribution in [1.82, 2.24) is 24.8 Å². The second-order valence-corrected chi connectivity index (χ2v) is 11.4. The van der Waals surface area contributed by atoms with Gasteiger partial charge in [0, 0.05) is 6.54 Å². The van der Waals surface area contributed by atoms with Crippen molar-refractivity contribution < 1.29 is 56.3 Å². The molecule has 4 rings (SSSR count). The molecule has 3 unspecified atom stereocenters. The van der Waals surface area contributed by atoms with Crippen LogP contribution in [0, 0.1) is 0 Å². The molecule has 0 aliphatic carbocycles. The number of H-pyrrole nitrogens is 1. The summed E-state index contributed by atoms with van der Waals surface area (Å²) in [6.45, 7) is -1.05. The van der Waals surface area contributed by atoms with E-state index in [4.69, 9.17) is 15.4 Å². The van der Waals surface area contributed by atoms with E-state index < -0.39 is 59.6 Å². The van der Waals surface area contributed by atoms with Crippen LogP contribution in [0.25, 0.3) is 11.2 Å². The Labute approximate surface area is 181 Å². The van der Waals surface area contributed by atoms with Crippen molar-refractivity contribution in [3.05, 3.63) is 16.7 Å². The van der Waals surface area contributed by atoms with Gasteiger partial charge >= 0.3 is 7.82 Å². The van der Waals surface area contributed by atoms with E-state index in [0.717, 1.165) is 0 Å². The number of hydrogen-bond acceptors (Lipinski definition) is 15. The van der Waals surface area contributed by atoms with Crippen molar-refractivity contribution in [1.29, 1.82) is 0 Å². The average Bonchev–Trinajstić information content (AvgIpc) is 3.27. The molecule has 2 fully saturated rings. The van der Waals surface area contributed by atoms with Crippen LogP contribution in [0.4, 0.5) is 5.95 Å². The summed E-state index contributed by atoms with van der Waals surface area (Å²) in [6, 6.07) is -0.845. The highest BCUT2D eigenvalue weighted by Gasteiger charge is 2.61. The molecule has 2 aliphatic heterocycles. The first-order valence-corrected chi connectivity index (χ1v) is 13.1. The molecule has 0 spiro atoms. The first-order chi connectivity index (χ1) is 15.1. The van der Waals surface area contributed by atoms with Crippen LogP contribution in [0.5, 0.6) is 0 Å². The molecule has 2 saturated heterocycles. The number of nitrogen functional groups attached to an aromatic ring is 1. The standard InChI is InChI=1S/C11H17N6O13P3/c12-10-15-7-5(8(19)16-10)14-3-17(7)9-4-6(18)11(28-9,1-13-4)2-27-32(23,24)30-33(25,26)29-31(20,21)22/h3-4,6,9,13,18H,1-2H2,(H,23,24)(H,25,26)(H2,20,21,22)(H3,12,15,16,19)/p-2/t4-,6+,9-,11-/m1/s1. The molecule has 22 heteroatoms. The number of rotatable bonds is 8. The topological polar surface area (TPSA) is 297 Å². The van der Waals surface area contributed by atoms with E-state index in [2.05, 4.69) is 33.4 Å². The summed E-state index contributed by atoms with van der Waals surface area (Å²) in [6.07, 6.45) is -1.24. The number of ether oxygens (including phenoxy) is 1. The number of phosphoric acid groups is 3. The Morgan fingerprint density at radius 1 is 1.33 bits per heavy atom. The minimum atomic E-state index is -6.02. The van der Waals surface area contributed by atoms with E-state index in [1.54, 1.807) is 0 Å². The lowest BCUT2D eigenvalue weighted by atomic mass is 10.0. The minimum Gasteiger partial charge on any atom is -0.756 e. The van der Waals surface area contributed by atoms with Crippen molar-refractivity contribution >= 4 is 40.6 Å². The number of aliphatic hydroxyl groups excluding tert-OH is 1.